The molecule has 0 aliphatic heterocycles. The van der Waals surface area contributed by atoms with Gasteiger partial charge in [-0.3, -0.25) is 0 Å². The smallest absolute Gasteiger partial charge is 0.0831 e. The number of nitrogens with one attached hydrogen (secondary N) is 1. The van der Waals surface area contributed by atoms with Crippen LogP contribution >= 0.6 is 31.9 Å². The lowest BCUT2D eigenvalue weighted by atomic mass is 10.3. The molecule has 0 spiro atoms. The standard InChI is InChI=1S/C8H5Br2N/c9-6-3-1-2-5-4-7(10)11-8(5)6/h1-4,11H. The summed E-state index contributed by atoms with van der Waals surface area (Å²) in [7, 11) is 0. The van der Waals surface area contributed by atoms with Crippen molar-refractivity contribution >= 4 is 42.8 Å². The Hall–Kier alpha value is -0.280. The molecule has 0 aliphatic rings. The number of para-hydroxylation sites is 1. The zero-order valence-corrected chi connectivity index (χ0v) is 8.74. The Balaban J connectivity index is 2.90. The monoisotopic (exact) mass is 273 g/mol. The summed E-state index contributed by atoms with van der Waals surface area (Å²) in [4.78, 5) is 3.20. The fraction of sp³-hybridized carbons (Fsp3) is 0. The molecule has 0 fully saturated rings. The third-order valence-corrected chi connectivity index (χ3v) is 2.66. The van der Waals surface area contributed by atoms with Gasteiger partial charge in [0.1, 0.15) is 0 Å². The fourth-order valence-electron chi connectivity index (χ4n) is 1.08. The van der Waals surface area contributed by atoms with Gasteiger partial charge in [0, 0.05) is 9.86 Å². The van der Waals surface area contributed by atoms with Gasteiger partial charge in [-0.1, -0.05) is 12.1 Å². The van der Waals surface area contributed by atoms with Crippen LogP contribution in [0.1, 0.15) is 0 Å². The summed E-state index contributed by atoms with van der Waals surface area (Å²) in [6, 6.07) is 8.17. The number of halogens is 2. The molecular formula is C8H5Br2N. The average Bonchev–Trinajstić information content (AvgIpc) is 2.31. The van der Waals surface area contributed by atoms with Gasteiger partial charge in [0.25, 0.3) is 0 Å². The van der Waals surface area contributed by atoms with Crippen molar-refractivity contribution in [3.63, 3.8) is 0 Å². The van der Waals surface area contributed by atoms with Crippen molar-refractivity contribution in [3.8, 4) is 0 Å². The van der Waals surface area contributed by atoms with Crippen molar-refractivity contribution in [3.05, 3.63) is 33.3 Å². The second-order valence-corrected chi connectivity index (χ2v) is 4.03. The molecule has 2 rings (SSSR count). The first-order valence-electron chi connectivity index (χ1n) is 3.20. The van der Waals surface area contributed by atoms with Crippen LogP contribution < -0.4 is 0 Å². The van der Waals surface area contributed by atoms with Crippen LogP contribution in [0.15, 0.2) is 33.3 Å². The molecule has 0 saturated heterocycles. The molecule has 0 radical (unpaired) electrons. The van der Waals surface area contributed by atoms with E-state index in [1.54, 1.807) is 0 Å². The second-order valence-electron chi connectivity index (χ2n) is 2.32. The number of H-pyrrole nitrogens is 1. The van der Waals surface area contributed by atoms with E-state index >= 15 is 0 Å². The average molecular weight is 275 g/mol. The van der Waals surface area contributed by atoms with Gasteiger partial charge < -0.3 is 4.98 Å². The number of benzene rings is 1. The minimum atomic E-state index is 1.01. The van der Waals surface area contributed by atoms with E-state index in [0.29, 0.717) is 0 Å². The zero-order valence-electron chi connectivity index (χ0n) is 5.57. The topological polar surface area (TPSA) is 15.8 Å². The van der Waals surface area contributed by atoms with Crippen LogP contribution in [-0.4, -0.2) is 4.98 Å². The summed E-state index contributed by atoms with van der Waals surface area (Å²) < 4.78 is 2.11. The minimum absolute atomic E-state index is 1.01. The highest BCUT2D eigenvalue weighted by atomic mass is 79.9. The van der Waals surface area contributed by atoms with E-state index in [1.165, 1.54) is 5.39 Å². The Morgan fingerprint density at radius 2 is 2.00 bits per heavy atom. The molecule has 0 bridgehead atoms. The zero-order chi connectivity index (χ0) is 7.84. The molecular weight excluding hydrogens is 270 g/mol. The molecule has 1 nitrogen and oxygen atoms in total. The molecule has 0 unspecified atom stereocenters. The van der Waals surface area contributed by atoms with Crippen molar-refractivity contribution in [1.29, 1.82) is 0 Å². The molecule has 56 valence electrons. The van der Waals surface area contributed by atoms with Crippen molar-refractivity contribution in [2.45, 2.75) is 0 Å². The van der Waals surface area contributed by atoms with E-state index in [-0.39, 0.29) is 0 Å². The molecule has 1 aromatic heterocycles. The summed E-state index contributed by atoms with van der Waals surface area (Å²) in [5, 5.41) is 1.21. The van der Waals surface area contributed by atoms with Gasteiger partial charge in [0.05, 0.1) is 10.1 Å². The van der Waals surface area contributed by atoms with Crippen molar-refractivity contribution in [2.75, 3.05) is 0 Å². The third kappa shape index (κ3) is 1.23. The normalized spacial score (nSPS) is 10.7. The van der Waals surface area contributed by atoms with Gasteiger partial charge in [-0.25, -0.2) is 0 Å². The SMILES string of the molecule is Brc1cc2cccc(Br)c2[nH]1. The first-order chi connectivity index (χ1) is 5.27. The van der Waals surface area contributed by atoms with E-state index in [9.17, 15) is 0 Å². The van der Waals surface area contributed by atoms with E-state index < -0.39 is 0 Å². The predicted octanol–water partition coefficient (Wildman–Crippen LogP) is 3.69. The lowest BCUT2D eigenvalue weighted by molar-refractivity contribution is 1.41. The largest absolute Gasteiger partial charge is 0.348 e. The summed E-state index contributed by atoms with van der Waals surface area (Å²) in [6.45, 7) is 0. The van der Waals surface area contributed by atoms with Crippen LogP contribution in [0.25, 0.3) is 10.9 Å². The first-order valence-corrected chi connectivity index (χ1v) is 4.79. The van der Waals surface area contributed by atoms with E-state index in [1.807, 2.05) is 12.1 Å². The van der Waals surface area contributed by atoms with Gasteiger partial charge in [-0.2, -0.15) is 0 Å². The van der Waals surface area contributed by atoms with Gasteiger partial charge >= 0.3 is 0 Å². The maximum absolute atomic E-state index is 3.46. The maximum atomic E-state index is 3.46. The van der Waals surface area contributed by atoms with Crippen LogP contribution in [0.5, 0.6) is 0 Å². The molecule has 1 aromatic carbocycles. The Morgan fingerprint density at radius 3 is 2.73 bits per heavy atom. The Bertz CT molecular complexity index is 392. The Morgan fingerprint density at radius 1 is 1.18 bits per heavy atom. The molecule has 3 heteroatoms. The summed E-state index contributed by atoms with van der Waals surface area (Å²) in [5.74, 6) is 0. The van der Waals surface area contributed by atoms with E-state index in [2.05, 4.69) is 49.0 Å². The van der Waals surface area contributed by atoms with Crippen molar-refractivity contribution < 1.29 is 0 Å². The first kappa shape index (κ1) is 7.37. The lowest BCUT2D eigenvalue weighted by Crippen LogP contribution is -1.68. The molecule has 0 aliphatic carbocycles. The third-order valence-electron chi connectivity index (χ3n) is 1.57. The lowest BCUT2D eigenvalue weighted by Gasteiger charge is -1.90. The van der Waals surface area contributed by atoms with Crippen LogP contribution in [0.2, 0.25) is 0 Å². The number of aromatic nitrogens is 1. The number of hydrogen-bond acceptors (Lipinski definition) is 0. The molecule has 0 amide bonds. The number of fused-ring (bicyclic) bond motifs is 1. The highest BCUT2D eigenvalue weighted by Crippen LogP contribution is 2.25. The maximum Gasteiger partial charge on any atom is 0.0831 e. The molecule has 0 atom stereocenters. The quantitative estimate of drug-likeness (QED) is 0.754. The molecule has 2 aromatic rings. The molecule has 0 saturated carbocycles. The molecule has 11 heavy (non-hydrogen) atoms. The van der Waals surface area contributed by atoms with Crippen LogP contribution in [0.3, 0.4) is 0 Å². The number of rotatable bonds is 0. The minimum Gasteiger partial charge on any atom is -0.348 e. The van der Waals surface area contributed by atoms with Gasteiger partial charge in [-0.05, 0) is 44.0 Å². The van der Waals surface area contributed by atoms with Crippen molar-refractivity contribution in [1.82, 2.24) is 4.98 Å². The summed E-state index contributed by atoms with van der Waals surface area (Å²) in [6.07, 6.45) is 0. The van der Waals surface area contributed by atoms with E-state index in [4.69, 9.17) is 0 Å². The molecule has 1 N–H and O–H groups in total. The number of aromatic amines is 1. The Kier molecular flexibility index (Phi) is 1.77. The summed E-state index contributed by atoms with van der Waals surface area (Å²) >= 11 is 6.84. The Labute approximate surface area is 81.1 Å². The van der Waals surface area contributed by atoms with E-state index in [0.717, 1.165) is 14.6 Å². The number of hydrogen-bond donors (Lipinski definition) is 1. The second kappa shape index (κ2) is 2.64. The highest BCUT2D eigenvalue weighted by Gasteiger charge is 1.99. The van der Waals surface area contributed by atoms with Crippen LogP contribution in [0.4, 0.5) is 0 Å². The predicted molar refractivity (Wildman–Crippen MR) is 53.7 cm³/mol. The summed E-state index contributed by atoms with van der Waals surface area (Å²) in [5.41, 5.74) is 1.14. The van der Waals surface area contributed by atoms with Gasteiger partial charge in [0.15, 0.2) is 0 Å². The van der Waals surface area contributed by atoms with Gasteiger partial charge in [0.2, 0.25) is 0 Å². The van der Waals surface area contributed by atoms with Crippen LogP contribution in [0, 0.1) is 0 Å². The molecule has 1 heterocycles. The van der Waals surface area contributed by atoms with Gasteiger partial charge in [-0.15, -0.1) is 0 Å². The van der Waals surface area contributed by atoms with Crippen LogP contribution in [-0.2, 0) is 0 Å². The van der Waals surface area contributed by atoms with Crippen molar-refractivity contribution in [2.24, 2.45) is 0 Å². The fourth-order valence-corrected chi connectivity index (χ4v) is 2.01. The highest BCUT2D eigenvalue weighted by molar-refractivity contribution is 9.11.